The van der Waals surface area contributed by atoms with Gasteiger partial charge in [0.1, 0.15) is 5.75 Å². The number of hydrogen-bond donors (Lipinski definition) is 0. The Balaban J connectivity index is 2.63. The zero-order valence-corrected chi connectivity index (χ0v) is 9.36. The third kappa shape index (κ3) is 4.98. The summed E-state index contributed by atoms with van der Waals surface area (Å²) in [6.45, 7) is -1.39. The lowest BCUT2D eigenvalue weighted by molar-refractivity contribution is -0.177. The summed E-state index contributed by atoms with van der Waals surface area (Å²) in [6, 6.07) is 8.47. The van der Waals surface area contributed by atoms with Gasteiger partial charge in [0.25, 0.3) is 0 Å². The van der Waals surface area contributed by atoms with Crippen LogP contribution in [0.25, 0.3) is 0 Å². The van der Waals surface area contributed by atoms with E-state index < -0.39 is 15.8 Å². The number of rotatable bonds is 5. The second-order valence-corrected chi connectivity index (χ2v) is 4.56. The summed E-state index contributed by atoms with van der Waals surface area (Å²) in [5, 5.41) is 0. The van der Waals surface area contributed by atoms with Crippen molar-refractivity contribution in [2.24, 2.45) is 0 Å². The van der Waals surface area contributed by atoms with Crippen LogP contribution in [0.3, 0.4) is 0 Å². The Hall–Kier alpha value is -0.820. The predicted octanol–water partition coefficient (Wildman–Crippen LogP) is 1.50. The molecule has 0 saturated carbocycles. The van der Waals surface area contributed by atoms with Gasteiger partial charge in [-0.25, -0.2) is 0 Å². The molecule has 1 atom stereocenters. The first-order valence-electron chi connectivity index (χ1n) is 3.88. The summed E-state index contributed by atoms with van der Waals surface area (Å²) in [6.07, 6.45) is 0. The molecule has 7 heteroatoms. The minimum Gasteiger partial charge on any atom is -0.440 e. The van der Waals surface area contributed by atoms with Gasteiger partial charge in [0.2, 0.25) is 0 Å². The molecule has 0 aromatic heterocycles. The average Bonchev–Trinajstić information content (AvgIpc) is 2.16. The van der Waals surface area contributed by atoms with Crippen LogP contribution in [0.4, 0.5) is 0 Å². The highest BCUT2D eigenvalue weighted by atomic mass is 35.7. The molecule has 1 aromatic rings. The van der Waals surface area contributed by atoms with Gasteiger partial charge in [-0.3, -0.25) is 0 Å². The average molecular weight is 253 g/mol. The maximum absolute atomic E-state index is 10.6. The molecule has 0 aliphatic rings. The predicted molar refractivity (Wildman–Crippen MR) is 53.7 cm³/mol. The normalized spacial score (nSPS) is 13.5. The summed E-state index contributed by atoms with van der Waals surface area (Å²) in [7, 11) is 1.96. The molecule has 15 heavy (non-hydrogen) atoms. The Kier molecular flexibility index (Phi) is 4.34. The highest BCUT2D eigenvalue weighted by molar-refractivity contribution is 8.09. The van der Waals surface area contributed by atoms with Crippen molar-refractivity contribution < 1.29 is 22.1 Å². The molecule has 0 heterocycles. The molecular weight excluding hydrogens is 244 g/mol. The third-order valence-electron chi connectivity index (χ3n) is 1.36. The number of benzene rings is 1. The van der Waals surface area contributed by atoms with Crippen molar-refractivity contribution >= 4 is 20.0 Å². The summed E-state index contributed by atoms with van der Waals surface area (Å²) in [5.41, 5.74) is 0. The van der Waals surface area contributed by atoms with E-state index in [1.54, 1.807) is 30.3 Å². The van der Waals surface area contributed by atoms with Crippen LogP contribution in [0.1, 0.15) is 0 Å². The van der Waals surface area contributed by atoms with Crippen molar-refractivity contribution in [3.05, 3.63) is 30.3 Å². The molecule has 84 valence electrons. The van der Waals surface area contributed by atoms with Crippen LogP contribution in [-0.4, -0.2) is 22.0 Å². The van der Waals surface area contributed by atoms with E-state index in [0.717, 1.165) is 0 Å². The van der Waals surface area contributed by atoms with Crippen molar-refractivity contribution in [3.63, 3.8) is 0 Å². The number of halogens is 1. The number of hydrogen-bond acceptors (Lipinski definition) is 5. The van der Waals surface area contributed by atoms with E-state index in [0.29, 0.717) is 5.75 Å². The molecule has 5 nitrogen and oxygen atoms in total. The molecule has 0 spiro atoms. The summed E-state index contributed by atoms with van der Waals surface area (Å²) < 4.78 is 35.1. The zero-order chi connectivity index (χ0) is 11.3. The van der Waals surface area contributed by atoms with Gasteiger partial charge < -0.3 is 9.47 Å². The van der Waals surface area contributed by atoms with E-state index in [9.17, 15) is 8.42 Å². The van der Waals surface area contributed by atoms with Crippen LogP contribution >= 0.6 is 10.7 Å². The van der Waals surface area contributed by atoms with Crippen molar-refractivity contribution in [3.8, 4) is 5.75 Å². The minimum atomic E-state index is -4.13. The fourth-order valence-corrected chi connectivity index (χ4v) is 1.29. The molecular formula is C8H9ClO5S. The van der Waals surface area contributed by atoms with Crippen LogP contribution in [-0.2, 0) is 18.3 Å². The van der Waals surface area contributed by atoms with Crippen molar-refractivity contribution in [1.82, 2.24) is 0 Å². The molecule has 1 aromatic carbocycles. The molecule has 0 fully saturated rings. The quantitative estimate of drug-likeness (QED) is 0.587. The zero-order valence-electron chi connectivity index (χ0n) is 7.79. The molecule has 0 aliphatic carbocycles. The Labute approximate surface area is 92.1 Å². The second-order valence-electron chi connectivity index (χ2n) is 2.44. The maximum atomic E-state index is 10.6. The highest BCUT2D eigenvalue weighted by Gasteiger charge is 2.17. The topological polar surface area (TPSA) is 61.8 Å². The molecule has 0 bridgehead atoms. The largest absolute Gasteiger partial charge is 0.440 e. The summed E-state index contributed by atoms with van der Waals surface area (Å²) in [5.74, 6) is 0.407. The van der Waals surface area contributed by atoms with Gasteiger partial charge in [0, 0.05) is 17.8 Å². The van der Waals surface area contributed by atoms with Crippen LogP contribution in [0.5, 0.6) is 5.75 Å². The molecule has 1 rings (SSSR count). The SMILES string of the molecule is COC(Oc1ccccc1)OS(=O)(=O)Cl. The number of para-hydroxylation sites is 1. The van der Waals surface area contributed by atoms with E-state index >= 15 is 0 Å². The van der Waals surface area contributed by atoms with Gasteiger partial charge >= 0.3 is 15.8 Å². The van der Waals surface area contributed by atoms with Crippen LogP contribution in [0.15, 0.2) is 30.3 Å². The maximum Gasteiger partial charge on any atom is 0.360 e. The van der Waals surface area contributed by atoms with E-state index in [1.807, 2.05) is 0 Å². The fourth-order valence-electron chi connectivity index (χ4n) is 0.811. The fraction of sp³-hybridized carbons (Fsp3) is 0.250. The highest BCUT2D eigenvalue weighted by Crippen LogP contribution is 2.14. The van der Waals surface area contributed by atoms with Gasteiger partial charge in [0.15, 0.2) is 0 Å². The Morgan fingerprint density at radius 3 is 2.33 bits per heavy atom. The lowest BCUT2D eigenvalue weighted by atomic mass is 10.3. The molecule has 0 radical (unpaired) electrons. The van der Waals surface area contributed by atoms with Crippen molar-refractivity contribution in [2.45, 2.75) is 6.48 Å². The first kappa shape index (κ1) is 12.3. The number of methoxy groups -OCH3 is 1. The third-order valence-corrected chi connectivity index (χ3v) is 1.97. The molecule has 0 aliphatic heterocycles. The van der Waals surface area contributed by atoms with Gasteiger partial charge in [-0.2, -0.15) is 12.6 Å². The van der Waals surface area contributed by atoms with E-state index in [1.165, 1.54) is 7.11 Å². The molecule has 0 N–H and O–H groups in total. The van der Waals surface area contributed by atoms with Crippen molar-refractivity contribution in [1.29, 1.82) is 0 Å². The molecule has 0 amide bonds. The lowest BCUT2D eigenvalue weighted by Gasteiger charge is -2.14. The van der Waals surface area contributed by atoms with E-state index in [-0.39, 0.29) is 0 Å². The van der Waals surface area contributed by atoms with Gasteiger partial charge in [-0.15, -0.1) is 0 Å². The first-order chi connectivity index (χ1) is 7.01. The first-order valence-corrected chi connectivity index (χ1v) is 6.12. The minimum absolute atomic E-state index is 0.407. The van der Waals surface area contributed by atoms with Gasteiger partial charge in [-0.05, 0) is 12.1 Å². The van der Waals surface area contributed by atoms with Crippen molar-refractivity contribution in [2.75, 3.05) is 7.11 Å². The summed E-state index contributed by atoms with van der Waals surface area (Å²) >= 11 is 0. The van der Waals surface area contributed by atoms with Gasteiger partial charge in [0.05, 0.1) is 0 Å². The van der Waals surface area contributed by atoms with Gasteiger partial charge in [-0.1, -0.05) is 18.2 Å². The molecule has 1 unspecified atom stereocenters. The number of ether oxygens (including phenoxy) is 2. The molecule has 0 saturated heterocycles. The standard InChI is InChI=1S/C8H9ClO5S/c1-12-8(14-15(9,10)11)13-7-5-3-2-4-6-7/h2-6,8H,1H3. The Morgan fingerprint density at radius 1 is 1.27 bits per heavy atom. The Morgan fingerprint density at radius 2 is 1.87 bits per heavy atom. The van der Waals surface area contributed by atoms with E-state index in [4.69, 9.17) is 15.4 Å². The lowest BCUT2D eigenvalue weighted by Crippen LogP contribution is -2.24. The van der Waals surface area contributed by atoms with Crippen LogP contribution < -0.4 is 4.74 Å². The van der Waals surface area contributed by atoms with Crippen LogP contribution in [0, 0.1) is 0 Å². The Bertz CT molecular complexity index is 391. The van der Waals surface area contributed by atoms with E-state index in [2.05, 4.69) is 8.92 Å². The summed E-state index contributed by atoms with van der Waals surface area (Å²) in [4.78, 5) is 0. The van der Waals surface area contributed by atoms with Crippen LogP contribution in [0.2, 0.25) is 0 Å². The second kappa shape index (κ2) is 5.32. The monoisotopic (exact) mass is 252 g/mol. The smallest absolute Gasteiger partial charge is 0.360 e.